The number of rotatable bonds is 1. The van der Waals surface area contributed by atoms with Crippen LogP contribution in [0.2, 0.25) is 10.0 Å². The highest BCUT2D eigenvalue weighted by molar-refractivity contribution is 9.09. The van der Waals surface area contributed by atoms with Crippen LogP contribution < -0.4 is 0 Å². The van der Waals surface area contributed by atoms with Gasteiger partial charge in [-0.25, -0.2) is 0 Å². The summed E-state index contributed by atoms with van der Waals surface area (Å²) in [4.78, 5) is 0.244. The Morgan fingerprint density at radius 1 is 1.36 bits per heavy atom. The third-order valence-electron chi connectivity index (χ3n) is 1.39. The van der Waals surface area contributed by atoms with Gasteiger partial charge in [0.15, 0.2) is 0 Å². The van der Waals surface area contributed by atoms with Gasteiger partial charge < -0.3 is 0 Å². The lowest BCUT2D eigenvalue weighted by Gasteiger charge is -2.05. The van der Waals surface area contributed by atoms with Crippen LogP contribution in [0.15, 0.2) is 18.2 Å². The zero-order chi connectivity index (χ0) is 8.43. The van der Waals surface area contributed by atoms with Crippen molar-refractivity contribution in [1.29, 1.82) is 0 Å². The number of hydrogen-bond acceptors (Lipinski definition) is 0. The summed E-state index contributed by atoms with van der Waals surface area (Å²) in [5, 5.41) is 1.47. The Morgan fingerprint density at radius 3 is 2.45 bits per heavy atom. The zero-order valence-corrected chi connectivity index (χ0v) is 9.04. The molecule has 0 aliphatic heterocycles. The first kappa shape index (κ1) is 9.37. The molecule has 0 unspecified atom stereocenters. The molecule has 60 valence electrons. The van der Waals surface area contributed by atoms with Gasteiger partial charge in [-0.05, 0) is 30.7 Å². The standard InChI is InChI=1S/C8H7BrCl2/c1-5(9)7-4-6(10)2-3-8(7)11/h2-5H,1H3/t5-/m0/s1. The van der Waals surface area contributed by atoms with E-state index in [9.17, 15) is 0 Å². The maximum absolute atomic E-state index is 5.90. The van der Waals surface area contributed by atoms with Gasteiger partial charge in [-0.2, -0.15) is 0 Å². The first-order chi connectivity index (χ1) is 5.11. The van der Waals surface area contributed by atoms with Gasteiger partial charge in [-0.3, -0.25) is 0 Å². The van der Waals surface area contributed by atoms with Crippen LogP contribution in [0, 0.1) is 0 Å². The second-order valence-corrected chi connectivity index (χ2v) is 4.50. The molecule has 0 heterocycles. The molecule has 0 nitrogen and oxygen atoms in total. The summed E-state index contributed by atoms with van der Waals surface area (Å²) < 4.78 is 0. The zero-order valence-electron chi connectivity index (χ0n) is 5.94. The predicted molar refractivity (Wildman–Crippen MR) is 53.8 cm³/mol. The van der Waals surface area contributed by atoms with Crippen molar-refractivity contribution in [3.63, 3.8) is 0 Å². The molecular weight excluding hydrogens is 247 g/mol. The fourth-order valence-electron chi connectivity index (χ4n) is 0.819. The van der Waals surface area contributed by atoms with E-state index in [1.165, 1.54) is 0 Å². The van der Waals surface area contributed by atoms with Gasteiger partial charge in [0, 0.05) is 14.9 Å². The minimum absolute atomic E-state index is 0.244. The number of benzene rings is 1. The van der Waals surface area contributed by atoms with Gasteiger partial charge in [0.1, 0.15) is 0 Å². The molecule has 0 fully saturated rings. The Bertz CT molecular complexity index is 258. The van der Waals surface area contributed by atoms with Crippen molar-refractivity contribution in [1.82, 2.24) is 0 Å². The molecule has 0 spiro atoms. The minimum Gasteiger partial charge on any atom is -0.0843 e. The quantitative estimate of drug-likeness (QED) is 0.649. The fourth-order valence-corrected chi connectivity index (χ4v) is 1.79. The molecule has 0 aliphatic rings. The summed E-state index contributed by atoms with van der Waals surface area (Å²) in [5.74, 6) is 0. The van der Waals surface area contributed by atoms with Crippen LogP contribution in [-0.2, 0) is 0 Å². The summed E-state index contributed by atoms with van der Waals surface area (Å²) >= 11 is 15.1. The Kier molecular flexibility index (Phi) is 3.23. The minimum atomic E-state index is 0.244. The summed E-state index contributed by atoms with van der Waals surface area (Å²) in [6.45, 7) is 2.01. The highest BCUT2D eigenvalue weighted by Gasteiger charge is 2.05. The highest BCUT2D eigenvalue weighted by Crippen LogP contribution is 2.30. The highest BCUT2D eigenvalue weighted by atomic mass is 79.9. The second-order valence-electron chi connectivity index (χ2n) is 2.28. The molecule has 0 bridgehead atoms. The lowest BCUT2D eigenvalue weighted by Crippen LogP contribution is -1.84. The van der Waals surface area contributed by atoms with Gasteiger partial charge in [0.05, 0.1) is 0 Å². The van der Waals surface area contributed by atoms with Crippen molar-refractivity contribution >= 4 is 39.1 Å². The molecule has 0 saturated carbocycles. The molecule has 1 atom stereocenters. The van der Waals surface area contributed by atoms with Gasteiger partial charge in [0.25, 0.3) is 0 Å². The van der Waals surface area contributed by atoms with Crippen molar-refractivity contribution in [2.75, 3.05) is 0 Å². The molecule has 0 saturated heterocycles. The fraction of sp³-hybridized carbons (Fsp3) is 0.250. The molecule has 0 aromatic heterocycles. The van der Waals surface area contributed by atoms with Crippen LogP contribution >= 0.6 is 39.1 Å². The molecule has 1 rings (SSSR count). The molecule has 0 aliphatic carbocycles. The van der Waals surface area contributed by atoms with E-state index in [4.69, 9.17) is 23.2 Å². The SMILES string of the molecule is C[C@H](Br)c1cc(Cl)ccc1Cl. The number of alkyl halides is 1. The largest absolute Gasteiger partial charge is 0.0843 e. The Balaban J connectivity index is 3.13. The second kappa shape index (κ2) is 3.79. The van der Waals surface area contributed by atoms with E-state index in [1.807, 2.05) is 13.0 Å². The van der Waals surface area contributed by atoms with Crippen molar-refractivity contribution in [3.05, 3.63) is 33.8 Å². The van der Waals surface area contributed by atoms with E-state index in [-0.39, 0.29) is 4.83 Å². The summed E-state index contributed by atoms with van der Waals surface area (Å²) in [6, 6.07) is 5.45. The predicted octanol–water partition coefficient (Wildman–Crippen LogP) is 4.45. The lowest BCUT2D eigenvalue weighted by atomic mass is 10.2. The van der Waals surface area contributed by atoms with Crippen LogP contribution in [0.5, 0.6) is 0 Å². The van der Waals surface area contributed by atoms with Gasteiger partial charge in [0.2, 0.25) is 0 Å². The molecule has 0 radical (unpaired) electrons. The third-order valence-corrected chi connectivity index (χ3v) is 2.46. The van der Waals surface area contributed by atoms with E-state index in [1.54, 1.807) is 12.1 Å². The van der Waals surface area contributed by atoms with Crippen LogP contribution in [0.25, 0.3) is 0 Å². The molecular formula is C8H7BrCl2. The molecule has 0 N–H and O–H groups in total. The third kappa shape index (κ3) is 2.36. The van der Waals surface area contributed by atoms with Crippen LogP contribution in [0.4, 0.5) is 0 Å². The van der Waals surface area contributed by atoms with E-state index < -0.39 is 0 Å². The van der Waals surface area contributed by atoms with Crippen LogP contribution in [0.3, 0.4) is 0 Å². The Morgan fingerprint density at radius 2 is 2.00 bits per heavy atom. The molecule has 1 aromatic carbocycles. The van der Waals surface area contributed by atoms with Gasteiger partial charge in [-0.1, -0.05) is 39.1 Å². The summed E-state index contributed by atoms with van der Waals surface area (Å²) in [5.41, 5.74) is 1.03. The first-order valence-electron chi connectivity index (χ1n) is 3.20. The smallest absolute Gasteiger partial charge is 0.0450 e. The van der Waals surface area contributed by atoms with Crippen molar-refractivity contribution in [3.8, 4) is 0 Å². The monoisotopic (exact) mass is 252 g/mol. The maximum Gasteiger partial charge on any atom is 0.0450 e. The summed E-state index contributed by atoms with van der Waals surface area (Å²) in [7, 11) is 0. The lowest BCUT2D eigenvalue weighted by molar-refractivity contribution is 1.12. The van der Waals surface area contributed by atoms with E-state index >= 15 is 0 Å². The average molecular weight is 254 g/mol. The molecule has 3 heteroatoms. The molecule has 1 aromatic rings. The summed E-state index contributed by atoms with van der Waals surface area (Å²) in [6.07, 6.45) is 0. The maximum atomic E-state index is 5.90. The van der Waals surface area contributed by atoms with Crippen LogP contribution in [-0.4, -0.2) is 0 Å². The Labute approximate surface area is 84.6 Å². The van der Waals surface area contributed by atoms with Crippen molar-refractivity contribution < 1.29 is 0 Å². The Hall–Kier alpha value is 0.280. The molecule has 11 heavy (non-hydrogen) atoms. The van der Waals surface area contributed by atoms with Gasteiger partial charge >= 0.3 is 0 Å². The van der Waals surface area contributed by atoms with E-state index in [2.05, 4.69) is 15.9 Å². The molecule has 0 amide bonds. The number of halogens is 3. The first-order valence-corrected chi connectivity index (χ1v) is 4.87. The van der Waals surface area contributed by atoms with Crippen molar-refractivity contribution in [2.24, 2.45) is 0 Å². The normalized spacial score (nSPS) is 13.1. The topological polar surface area (TPSA) is 0 Å². The average Bonchev–Trinajstić information content (AvgIpc) is 1.94. The van der Waals surface area contributed by atoms with E-state index in [0.717, 1.165) is 15.6 Å². The van der Waals surface area contributed by atoms with Crippen LogP contribution in [0.1, 0.15) is 17.3 Å². The van der Waals surface area contributed by atoms with Gasteiger partial charge in [-0.15, -0.1) is 0 Å². The van der Waals surface area contributed by atoms with Crippen molar-refractivity contribution in [2.45, 2.75) is 11.8 Å². The number of hydrogen-bond donors (Lipinski definition) is 0. The van der Waals surface area contributed by atoms with E-state index in [0.29, 0.717) is 0 Å².